The Morgan fingerprint density at radius 2 is 1.60 bits per heavy atom. The number of amides is 3. The summed E-state index contributed by atoms with van der Waals surface area (Å²) in [7, 11) is 0. The number of carboxylic acids is 1. The topological polar surface area (TPSA) is 183 Å². The van der Waals surface area contributed by atoms with Gasteiger partial charge in [0.15, 0.2) is 0 Å². The van der Waals surface area contributed by atoms with Crippen LogP contribution in [0.2, 0.25) is 0 Å². The summed E-state index contributed by atoms with van der Waals surface area (Å²) in [4.78, 5) is 52.1. The Balaban J connectivity index is 2.25. The predicted molar refractivity (Wildman–Crippen MR) is 178 cm³/mol. The molecule has 12 heteroatoms. The van der Waals surface area contributed by atoms with Crippen LogP contribution in [0.3, 0.4) is 0 Å². The van der Waals surface area contributed by atoms with Crippen molar-refractivity contribution in [2.24, 2.45) is 17.6 Å². The number of rotatable bonds is 19. The van der Waals surface area contributed by atoms with E-state index in [4.69, 9.17) is 10.8 Å². The summed E-state index contributed by atoms with van der Waals surface area (Å²) in [6.07, 6.45) is -0.00635. The molecule has 1 aromatic heterocycles. The lowest BCUT2D eigenvalue weighted by Crippen LogP contribution is -2.60. The lowest BCUT2D eigenvalue weighted by atomic mass is 9.94. The average molecular weight is 646 g/mol. The summed E-state index contributed by atoms with van der Waals surface area (Å²) in [5, 5.41) is 34.0. The summed E-state index contributed by atoms with van der Waals surface area (Å²) >= 11 is 1.46. The van der Waals surface area contributed by atoms with Gasteiger partial charge in [0, 0.05) is 23.4 Å². The number of hydrogen-bond acceptors (Lipinski definition) is 8. The summed E-state index contributed by atoms with van der Waals surface area (Å²) < 4.78 is 0. The van der Waals surface area contributed by atoms with Gasteiger partial charge in [-0.1, -0.05) is 57.9 Å². The Labute approximate surface area is 270 Å². The molecule has 0 spiro atoms. The van der Waals surface area contributed by atoms with E-state index in [1.807, 2.05) is 76.4 Å². The van der Waals surface area contributed by atoms with E-state index in [9.17, 15) is 24.3 Å². The minimum atomic E-state index is -1.10. The molecule has 0 aliphatic heterocycles. The van der Waals surface area contributed by atoms with Crippen molar-refractivity contribution >= 4 is 40.7 Å². The summed E-state index contributed by atoms with van der Waals surface area (Å²) in [5.74, 6) is -2.83. The van der Waals surface area contributed by atoms with Crippen LogP contribution in [0.25, 0.3) is 0 Å². The highest BCUT2D eigenvalue weighted by molar-refractivity contribution is 7.09. The third-order valence-electron chi connectivity index (χ3n) is 7.84. The molecule has 0 saturated heterocycles. The molecule has 0 radical (unpaired) electrons. The molecule has 7 atom stereocenters. The quantitative estimate of drug-likeness (QED) is 0.122. The van der Waals surface area contributed by atoms with Crippen molar-refractivity contribution < 1.29 is 29.4 Å². The standard InChI is InChI=1S/C33H51N5O6S/c1-7-21(5)29(38-31(42)25(34)14-15-28(39)40)33(44)37-27(18-24-9-8-16-45-24)32(43)36-26(17-19(2)3)30(41)22(6)35-23-12-10-20(4)11-13-23/h8-13,16,19,21-22,25-27,29-30,35,41H,7,14-15,17-18,34H2,1-6H3,(H,36,43)(H,37,44)(H,38,42)(H,39,40)/t21-,22+,25-,26-,27-,29-,30-/m0/s1. The number of carbonyl (C=O) groups excluding carboxylic acids is 3. The number of nitrogens with one attached hydrogen (secondary N) is 4. The maximum Gasteiger partial charge on any atom is 0.303 e. The Morgan fingerprint density at radius 3 is 2.16 bits per heavy atom. The van der Waals surface area contributed by atoms with Crippen LogP contribution in [-0.2, 0) is 25.6 Å². The number of carbonyl (C=O) groups is 4. The number of aliphatic hydroxyl groups excluding tert-OH is 1. The van der Waals surface area contributed by atoms with Crippen LogP contribution in [0, 0.1) is 18.8 Å². The number of thiophene rings is 1. The second-order valence-corrected chi connectivity index (χ2v) is 13.3. The molecule has 11 nitrogen and oxygen atoms in total. The molecule has 2 aromatic rings. The minimum absolute atomic E-state index is 0.0732. The fourth-order valence-corrected chi connectivity index (χ4v) is 5.65. The zero-order valence-electron chi connectivity index (χ0n) is 27.2. The Hall–Kier alpha value is -3.48. The molecule has 0 aliphatic rings. The lowest BCUT2D eigenvalue weighted by Gasteiger charge is -2.32. The summed E-state index contributed by atoms with van der Waals surface area (Å²) in [6, 6.07) is 7.50. The van der Waals surface area contributed by atoms with E-state index in [-0.39, 0.29) is 31.1 Å². The van der Waals surface area contributed by atoms with Crippen molar-refractivity contribution in [3.63, 3.8) is 0 Å². The largest absolute Gasteiger partial charge is 0.481 e. The van der Waals surface area contributed by atoms with Crippen LogP contribution < -0.4 is 27.0 Å². The number of benzene rings is 1. The highest BCUT2D eigenvalue weighted by atomic mass is 32.1. The zero-order chi connectivity index (χ0) is 33.7. The van der Waals surface area contributed by atoms with Gasteiger partial charge < -0.3 is 37.2 Å². The summed E-state index contributed by atoms with van der Waals surface area (Å²) in [6.45, 7) is 11.6. The third-order valence-corrected chi connectivity index (χ3v) is 8.74. The maximum atomic E-state index is 13.8. The molecular formula is C33H51N5O6S. The van der Waals surface area contributed by atoms with Crippen molar-refractivity contribution in [3.05, 3.63) is 52.2 Å². The molecule has 0 unspecified atom stereocenters. The number of aliphatic carboxylic acids is 1. The first-order chi connectivity index (χ1) is 21.2. The molecule has 250 valence electrons. The molecule has 0 fully saturated rings. The number of anilines is 1. The smallest absolute Gasteiger partial charge is 0.303 e. The summed E-state index contributed by atoms with van der Waals surface area (Å²) in [5.41, 5.74) is 7.87. The van der Waals surface area contributed by atoms with E-state index < -0.39 is 60.0 Å². The number of carboxylic acid groups (broad SMARTS) is 1. The van der Waals surface area contributed by atoms with Gasteiger partial charge >= 0.3 is 5.97 Å². The SMILES string of the molecule is CC[C@H](C)[C@H](NC(=O)[C@@H](N)CCC(=O)O)C(=O)N[C@@H](Cc1cccs1)C(=O)N[C@@H](CC(C)C)[C@@H](O)[C@@H](C)Nc1ccc(C)cc1. The zero-order valence-corrected chi connectivity index (χ0v) is 28.0. The first-order valence-corrected chi connectivity index (χ1v) is 16.5. The van der Waals surface area contributed by atoms with Crippen molar-refractivity contribution in [1.82, 2.24) is 16.0 Å². The normalized spacial score (nSPS) is 16.0. The number of aryl methyl sites for hydroxylation is 1. The van der Waals surface area contributed by atoms with Gasteiger partial charge in [-0.15, -0.1) is 11.3 Å². The van der Waals surface area contributed by atoms with E-state index in [1.165, 1.54) is 11.3 Å². The molecule has 8 N–H and O–H groups in total. The lowest BCUT2D eigenvalue weighted by molar-refractivity contribution is -0.137. The molecule has 0 saturated carbocycles. The van der Waals surface area contributed by atoms with Gasteiger partial charge in [0.05, 0.1) is 24.2 Å². The number of aliphatic hydroxyl groups is 1. The first-order valence-electron chi connectivity index (χ1n) is 15.6. The Bertz CT molecular complexity index is 1220. The fraction of sp³-hybridized carbons (Fsp3) is 0.576. The van der Waals surface area contributed by atoms with Crippen LogP contribution in [0.15, 0.2) is 41.8 Å². The monoisotopic (exact) mass is 645 g/mol. The first kappa shape index (κ1) is 37.7. The van der Waals surface area contributed by atoms with Crippen molar-refractivity contribution in [1.29, 1.82) is 0 Å². The van der Waals surface area contributed by atoms with Gasteiger partial charge in [0.1, 0.15) is 12.1 Å². The molecule has 3 amide bonds. The predicted octanol–water partition coefficient (Wildman–Crippen LogP) is 3.20. The van der Waals surface area contributed by atoms with E-state index in [0.29, 0.717) is 12.8 Å². The highest BCUT2D eigenvalue weighted by Crippen LogP contribution is 2.18. The van der Waals surface area contributed by atoms with Crippen molar-refractivity contribution in [2.75, 3.05) is 5.32 Å². The van der Waals surface area contributed by atoms with Gasteiger partial charge in [0.25, 0.3) is 0 Å². The number of hydrogen-bond donors (Lipinski definition) is 7. The van der Waals surface area contributed by atoms with Gasteiger partial charge in [-0.05, 0) is 62.1 Å². The van der Waals surface area contributed by atoms with E-state index in [1.54, 1.807) is 6.92 Å². The second-order valence-electron chi connectivity index (χ2n) is 12.3. The Morgan fingerprint density at radius 1 is 0.933 bits per heavy atom. The van der Waals surface area contributed by atoms with Crippen LogP contribution in [0.4, 0.5) is 5.69 Å². The van der Waals surface area contributed by atoms with E-state index in [0.717, 1.165) is 16.1 Å². The molecule has 2 rings (SSSR count). The van der Waals surface area contributed by atoms with Crippen molar-refractivity contribution in [3.8, 4) is 0 Å². The van der Waals surface area contributed by atoms with Gasteiger partial charge in [-0.25, -0.2) is 0 Å². The van der Waals surface area contributed by atoms with Crippen LogP contribution >= 0.6 is 11.3 Å². The molecule has 0 bridgehead atoms. The van der Waals surface area contributed by atoms with Gasteiger partial charge in [-0.2, -0.15) is 0 Å². The molecule has 45 heavy (non-hydrogen) atoms. The molecule has 0 aliphatic carbocycles. The highest BCUT2D eigenvalue weighted by Gasteiger charge is 2.34. The fourth-order valence-electron chi connectivity index (χ4n) is 4.89. The van der Waals surface area contributed by atoms with E-state index in [2.05, 4.69) is 21.3 Å². The van der Waals surface area contributed by atoms with Gasteiger partial charge in [0.2, 0.25) is 17.7 Å². The molecular weight excluding hydrogens is 594 g/mol. The maximum absolute atomic E-state index is 13.8. The molecule has 1 heterocycles. The van der Waals surface area contributed by atoms with Crippen LogP contribution in [-0.4, -0.2) is 70.2 Å². The van der Waals surface area contributed by atoms with Crippen molar-refractivity contribution in [2.45, 2.75) is 110 Å². The van der Waals surface area contributed by atoms with Gasteiger partial charge in [-0.3, -0.25) is 19.2 Å². The van der Waals surface area contributed by atoms with Crippen LogP contribution in [0.5, 0.6) is 0 Å². The molecule has 1 aromatic carbocycles. The van der Waals surface area contributed by atoms with Crippen LogP contribution in [0.1, 0.15) is 70.7 Å². The van der Waals surface area contributed by atoms with E-state index >= 15 is 0 Å². The number of nitrogens with two attached hydrogens (primary N) is 1. The third kappa shape index (κ3) is 12.8. The Kier molecular flexibility index (Phi) is 15.5. The average Bonchev–Trinajstić information content (AvgIpc) is 3.50. The minimum Gasteiger partial charge on any atom is -0.481 e. The second kappa shape index (κ2) is 18.5.